The van der Waals surface area contributed by atoms with Gasteiger partial charge in [-0.25, -0.2) is 9.78 Å². The van der Waals surface area contributed by atoms with Gasteiger partial charge in [-0.3, -0.25) is 15.0 Å². The highest BCUT2D eigenvalue weighted by molar-refractivity contribution is 7.86. The zero-order chi connectivity index (χ0) is 32.8. The fourth-order valence-electron chi connectivity index (χ4n) is 4.31. The Hall–Kier alpha value is -4.82. The Kier molecular flexibility index (Phi) is 10.4. The number of hydrogen-bond acceptors (Lipinski definition) is 10. The lowest BCUT2D eigenvalue weighted by Crippen LogP contribution is -2.40. The zero-order valence-electron chi connectivity index (χ0n) is 24.9. The van der Waals surface area contributed by atoms with Crippen LogP contribution in [0.1, 0.15) is 64.0 Å². The van der Waals surface area contributed by atoms with E-state index < -0.39 is 33.9 Å². The number of carbonyl (C=O) groups is 3. The first kappa shape index (κ1) is 33.7. The summed E-state index contributed by atoms with van der Waals surface area (Å²) in [4.78, 5) is 44.0. The summed E-state index contributed by atoms with van der Waals surface area (Å²) in [6.07, 6.45) is 1.16. The molecule has 3 rings (SSSR count). The van der Waals surface area contributed by atoms with Gasteiger partial charge in [0.15, 0.2) is 0 Å². The minimum absolute atomic E-state index is 0.0143. The molecule has 0 unspecified atom stereocenters. The lowest BCUT2D eigenvalue weighted by Gasteiger charge is -2.25. The Balaban J connectivity index is 2.10. The number of amidine groups is 1. The third-order valence-electron chi connectivity index (χ3n) is 6.18. The maximum Gasteiger partial charge on any atom is 0.354 e. The number of amides is 2. The number of rotatable bonds is 11. The minimum atomic E-state index is -4.26. The SMILES string of the molecule is COc1ccc(-c2ccc(C(=O)N[C@H](CO)CC(C)(C)C)cc2C(=O)OS(C)(=O)=O)c(C(=O)Nc2ccc(C(=N)N)cc2)n1. The fraction of sp³-hybridized carbons (Fsp3) is 0.300. The Morgan fingerprint density at radius 1 is 1.00 bits per heavy atom. The molecule has 0 aliphatic rings. The number of aliphatic hydroxyl groups is 1. The quantitative estimate of drug-likeness (QED) is 0.119. The monoisotopic (exact) mass is 625 g/mol. The average Bonchev–Trinajstić information content (AvgIpc) is 2.94. The van der Waals surface area contributed by atoms with Crippen molar-refractivity contribution in [1.29, 1.82) is 5.41 Å². The molecule has 0 bridgehead atoms. The highest BCUT2D eigenvalue weighted by Gasteiger charge is 2.26. The van der Waals surface area contributed by atoms with Gasteiger partial charge in [-0.1, -0.05) is 26.8 Å². The van der Waals surface area contributed by atoms with E-state index >= 15 is 0 Å². The summed E-state index contributed by atoms with van der Waals surface area (Å²) in [5.41, 5.74) is 5.73. The van der Waals surface area contributed by atoms with E-state index in [0.29, 0.717) is 23.9 Å². The molecule has 1 heterocycles. The lowest BCUT2D eigenvalue weighted by molar-refractivity contribution is 0.0748. The number of aliphatic hydroxyl groups excluding tert-OH is 1. The maximum atomic E-state index is 13.5. The summed E-state index contributed by atoms with van der Waals surface area (Å²) in [7, 11) is -2.90. The molecule has 6 N–H and O–H groups in total. The van der Waals surface area contributed by atoms with Gasteiger partial charge in [-0.15, -0.1) is 0 Å². The van der Waals surface area contributed by atoms with Gasteiger partial charge in [0.1, 0.15) is 11.5 Å². The Morgan fingerprint density at radius 2 is 1.61 bits per heavy atom. The molecule has 44 heavy (non-hydrogen) atoms. The number of aromatic nitrogens is 1. The number of anilines is 1. The molecule has 0 saturated heterocycles. The number of nitrogens with zero attached hydrogens (tertiary/aromatic N) is 1. The molecule has 0 radical (unpaired) electrons. The molecule has 3 aromatic rings. The minimum Gasteiger partial charge on any atom is -0.481 e. The second kappa shape index (κ2) is 13.7. The number of nitrogens with two attached hydrogens (primary N) is 1. The van der Waals surface area contributed by atoms with Crippen LogP contribution in [0.3, 0.4) is 0 Å². The first-order valence-electron chi connectivity index (χ1n) is 13.3. The number of methoxy groups -OCH3 is 1. The van der Waals surface area contributed by atoms with Gasteiger partial charge in [0.2, 0.25) is 5.88 Å². The smallest absolute Gasteiger partial charge is 0.354 e. The van der Waals surface area contributed by atoms with Crippen molar-refractivity contribution in [1.82, 2.24) is 10.3 Å². The fourth-order valence-corrected chi connectivity index (χ4v) is 4.67. The van der Waals surface area contributed by atoms with Crippen LogP contribution < -0.4 is 21.1 Å². The summed E-state index contributed by atoms with van der Waals surface area (Å²) >= 11 is 0. The highest BCUT2D eigenvalue weighted by atomic mass is 32.2. The maximum absolute atomic E-state index is 13.5. The van der Waals surface area contributed by atoms with Crippen LogP contribution >= 0.6 is 0 Å². The molecule has 1 aromatic heterocycles. The van der Waals surface area contributed by atoms with Crippen molar-refractivity contribution >= 4 is 39.4 Å². The predicted octanol–water partition coefficient (Wildman–Crippen LogP) is 2.94. The first-order valence-corrected chi connectivity index (χ1v) is 15.1. The number of benzene rings is 2. The number of nitrogens with one attached hydrogen (secondary N) is 3. The van der Waals surface area contributed by atoms with Crippen molar-refractivity contribution in [3.05, 3.63) is 77.0 Å². The van der Waals surface area contributed by atoms with Gasteiger partial charge in [0.05, 0.1) is 31.6 Å². The van der Waals surface area contributed by atoms with Crippen molar-refractivity contribution in [2.45, 2.75) is 33.2 Å². The molecular weight excluding hydrogens is 590 g/mol. The third-order valence-corrected chi connectivity index (χ3v) is 6.64. The van der Waals surface area contributed by atoms with E-state index in [2.05, 4.69) is 19.8 Å². The lowest BCUT2D eigenvalue weighted by atomic mass is 9.88. The van der Waals surface area contributed by atoms with E-state index in [1.54, 1.807) is 12.1 Å². The third kappa shape index (κ3) is 9.09. The van der Waals surface area contributed by atoms with Crippen LogP contribution in [-0.4, -0.2) is 68.1 Å². The molecule has 234 valence electrons. The molecule has 0 aliphatic carbocycles. The topological polar surface area (TPSA) is 211 Å². The zero-order valence-corrected chi connectivity index (χ0v) is 25.7. The van der Waals surface area contributed by atoms with Crippen molar-refractivity contribution in [3.63, 3.8) is 0 Å². The van der Waals surface area contributed by atoms with Gasteiger partial charge in [-0.05, 0) is 59.9 Å². The summed E-state index contributed by atoms with van der Waals surface area (Å²) < 4.78 is 33.6. The van der Waals surface area contributed by atoms with E-state index in [4.69, 9.17) is 15.9 Å². The van der Waals surface area contributed by atoms with Gasteiger partial charge in [-0.2, -0.15) is 8.42 Å². The van der Waals surface area contributed by atoms with Crippen molar-refractivity contribution in [2.24, 2.45) is 11.1 Å². The molecule has 0 fully saturated rings. The summed E-state index contributed by atoms with van der Waals surface area (Å²) in [6.45, 7) is 5.53. The molecule has 0 spiro atoms. The normalized spacial score (nSPS) is 12.1. The molecule has 2 amide bonds. The van der Waals surface area contributed by atoms with E-state index in [1.807, 2.05) is 20.8 Å². The van der Waals surface area contributed by atoms with Crippen LogP contribution in [0, 0.1) is 10.8 Å². The number of pyridine rings is 1. The van der Waals surface area contributed by atoms with Gasteiger partial charge >= 0.3 is 16.1 Å². The molecular formula is C30H35N5O8S. The molecule has 1 atom stereocenters. The van der Waals surface area contributed by atoms with Crippen LogP contribution in [0.15, 0.2) is 54.6 Å². The van der Waals surface area contributed by atoms with Gasteiger partial charge in [0, 0.05) is 28.4 Å². The second-order valence-electron chi connectivity index (χ2n) is 11.1. The van der Waals surface area contributed by atoms with E-state index in [-0.39, 0.29) is 51.7 Å². The highest BCUT2D eigenvalue weighted by Crippen LogP contribution is 2.31. The average molecular weight is 626 g/mol. The molecule has 0 aliphatic heterocycles. The standard InChI is InChI=1S/C30H35N5O8S/c1-30(2,3)15-20(16-36)34-27(37)18-8-11-21(23(14-18)29(39)43-44(5,40)41)22-12-13-24(42-4)35-25(22)28(38)33-19-9-6-17(7-10-19)26(31)32/h6-14,20,36H,15-16H2,1-5H3,(H3,31,32)(H,33,38)(H,34,37)/t20-/m0/s1. The van der Waals surface area contributed by atoms with E-state index in [9.17, 15) is 27.9 Å². The van der Waals surface area contributed by atoms with Crippen LogP contribution in [0.2, 0.25) is 0 Å². The number of ether oxygens (including phenoxy) is 1. The van der Waals surface area contributed by atoms with Crippen molar-refractivity contribution in [3.8, 4) is 17.0 Å². The molecule has 14 heteroatoms. The van der Waals surface area contributed by atoms with E-state index in [1.165, 1.54) is 43.5 Å². The number of carbonyl (C=O) groups excluding carboxylic acids is 3. The predicted molar refractivity (Wildman–Crippen MR) is 164 cm³/mol. The van der Waals surface area contributed by atoms with Crippen molar-refractivity contribution < 1.29 is 36.8 Å². The van der Waals surface area contributed by atoms with Crippen LogP contribution in [-0.2, 0) is 14.3 Å². The first-order chi connectivity index (χ1) is 20.5. The van der Waals surface area contributed by atoms with Crippen LogP contribution in [0.5, 0.6) is 5.88 Å². The molecule has 13 nitrogen and oxygen atoms in total. The summed E-state index contributed by atoms with van der Waals surface area (Å²) in [5.74, 6) is -2.67. The van der Waals surface area contributed by atoms with Crippen LogP contribution in [0.4, 0.5) is 5.69 Å². The van der Waals surface area contributed by atoms with Crippen molar-refractivity contribution in [2.75, 3.05) is 25.3 Å². The molecule has 2 aromatic carbocycles. The van der Waals surface area contributed by atoms with Gasteiger partial charge < -0.3 is 30.4 Å². The number of nitrogen functional groups attached to an aromatic ring is 1. The molecule has 0 saturated carbocycles. The summed E-state index contributed by atoms with van der Waals surface area (Å²) in [5, 5.41) is 22.7. The Morgan fingerprint density at radius 3 is 2.16 bits per heavy atom. The summed E-state index contributed by atoms with van der Waals surface area (Å²) in [6, 6.07) is 12.4. The number of hydrogen-bond donors (Lipinski definition) is 5. The second-order valence-corrected chi connectivity index (χ2v) is 12.7. The van der Waals surface area contributed by atoms with Crippen LogP contribution in [0.25, 0.3) is 11.1 Å². The van der Waals surface area contributed by atoms with Gasteiger partial charge in [0.25, 0.3) is 11.8 Å². The Bertz CT molecular complexity index is 1680. The largest absolute Gasteiger partial charge is 0.481 e. The Labute approximate surface area is 255 Å². The van der Waals surface area contributed by atoms with E-state index in [0.717, 1.165) is 6.07 Å².